The van der Waals surface area contributed by atoms with Gasteiger partial charge >= 0.3 is 0 Å². The smallest absolute Gasteiger partial charge is 0.150 e. The highest BCUT2D eigenvalue weighted by atomic mass is 31.0. The van der Waals surface area contributed by atoms with Crippen LogP contribution in [0, 0.1) is 5.21 Å². The maximum Gasteiger partial charge on any atom is 0.150 e. The Hall–Kier alpha value is -2.03. The first-order chi connectivity index (χ1) is 8.29. The lowest BCUT2D eigenvalue weighted by atomic mass is 10.9. The van der Waals surface area contributed by atoms with Gasteiger partial charge in [0.2, 0.25) is 0 Å². The minimum atomic E-state index is -0.273. The third-order valence-electron chi connectivity index (χ3n) is 1.20. The Morgan fingerprint density at radius 1 is 1.12 bits per heavy atom. The van der Waals surface area contributed by atoms with Crippen molar-refractivity contribution in [2.75, 3.05) is 0 Å². The predicted molar refractivity (Wildman–Crippen MR) is 59.7 cm³/mol. The van der Waals surface area contributed by atoms with Gasteiger partial charge in [-0.1, -0.05) is 24.8 Å². The second-order valence-corrected chi connectivity index (χ2v) is 3.02. The van der Waals surface area contributed by atoms with Gasteiger partial charge in [0, 0.05) is 17.6 Å². The van der Waals surface area contributed by atoms with Crippen molar-refractivity contribution in [2.24, 2.45) is 10.3 Å². The molecule has 0 radical (unpaired) electrons. The molecule has 3 heterocycles. The average Bonchev–Trinajstić information content (AvgIpc) is 3.03. The van der Waals surface area contributed by atoms with Crippen LogP contribution in [0.3, 0.4) is 0 Å². The van der Waals surface area contributed by atoms with Crippen LogP contribution in [0.1, 0.15) is 0 Å². The Morgan fingerprint density at radius 2 is 1.71 bits per heavy atom. The molecule has 0 aromatic carbocycles. The van der Waals surface area contributed by atoms with Gasteiger partial charge in [-0.05, 0) is 0 Å². The van der Waals surface area contributed by atoms with Gasteiger partial charge < -0.3 is 5.21 Å². The van der Waals surface area contributed by atoms with E-state index in [9.17, 15) is 5.21 Å². The normalized spacial score (nSPS) is 16.4. The Balaban J connectivity index is 0.000000130. The zero-order chi connectivity index (χ0) is 12.3. The number of nitrogens with zero attached hydrogens (tertiary/aromatic N) is 6. The molecule has 0 spiro atoms. The summed E-state index contributed by atoms with van der Waals surface area (Å²) in [6, 6.07) is 0. The predicted octanol–water partition coefficient (Wildman–Crippen LogP) is -0.967. The first-order valence-electron chi connectivity index (χ1n) is 4.32. The molecular formula is C6H10N9OP. The number of H-pyrrole nitrogens is 2. The maximum absolute atomic E-state index is 10.1. The zero-order valence-corrected chi connectivity index (χ0v) is 9.71. The Kier molecular flexibility index (Phi) is 6.26. The fourth-order valence-corrected chi connectivity index (χ4v) is 0.825. The van der Waals surface area contributed by atoms with Crippen molar-refractivity contribution in [3.8, 4) is 0 Å². The van der Waals surface area contributed by atoms with Crippen LogP contribution in [-0.4, -0.2) is 30.8 Å². The van der Waals surface area contributed by atoms with E-state index in [4.69, 9.17) is 0 Å². The molecule has 1 aliphatic heterocycles. The van der Waals surface area contributed by atoms with Crippen LogP contribution in [0.5, 0.6) is 0 Å². The number of hydroxylamine groups is 1. The van der Waals surface area contributed by atoms with E-state index in [1.807, 2.05) is 0 Å². The van der Waals surface area contributed by atoms with Gasteiger partial charge in [-0.2, -0.15) is 5.17 Å². The first-order valence-corrected chi connectivity index (χ1v) is 4.90. The van der Waals surface area contributed by atoms with Gasteiger partial charge in [-0.25, -0.2) is 0 Å². The molecule has 2 aromatic rings. The molecular weight excluding hydrogens is 245 g/mol. The second-order valence-electron chi connectivity index (χ2n) is 2.43. The number of rotatable bonds is 0. The maximum atomic E-state index is 10.1. The third kappa shape index (κ3) is 6.95. The molecule has 2 atom stereocenters. The molecule has 1 aliphatic rings. The van der Waals surface area contributed by atoms with Crippen LogP contribution in [-0.2, 0) is 0 Å². The van der Waals surface area contributed by atoms with E-state index in [2.05, 4.69) is 50.4 Å². The van der Waals surface area contributed by atoms with Gasteiger partial charge in [-0.3, -0.25) is 10.2 Å². The molecule has 2 aromatic heterocycles. The van der Waals surface area contributed by atoms with E-state index in [0.717, 1.165) is 0 Å². The Morgan fingerprint density at radius 3 is 1.82 bits per heavy atom. The van der Waals surface area contributed by atoms with E-state index in [1.54, 1.807) is 24.8 Å². The lowest BCUT2D eigenvalue weighted by Crippen LogP contribution is -2.95. The summed E-state index contributed by atoms with van der Waals surface area (Å²) < 4.78 is 0. The fourth-order valence-electron chi connectivity index (χ4n) is 0.625. The number of aromatic amines is 2. The lowest BCUT2D eigenvalue weighted by molar-refractivity contribution is -0.799. The van der Waals surface area contributed by atoms with Gasteiger partial charge in [-0.15, -0.1) is 10.2 Å². The Bertz CT molecular complexity index is 364. The number of hydrogen-bond donors (Lipinski definition) is 3. The van der Waals surface area contributed by atoms with Crippen LogP contribution in [0.25, 0.3) is 0 Å². The topological polar surface area (TPSA) is 135 Å². The average molecular weight is 255 g/mol. The quantitative estimate of drug-likeness (QED) is 0.411. The molecule has 10 nitrogen and oxygen atoms in total. The molecule has 0 saturated carbocycles. The summed E-state index contributed by atoms with van der Waals surface area (Å²) >= 11 is 0. The van der Waals surface area contributed by atoms with Crippen LogP contribution in [0.4, 0.5) is 0 Å². The number of hydrogen-bond acceptors (Lipinski definition) is 7. The molecule has 17 heavy (non-hydrogen) atoms. The lowest BCUT2D eigenvalue weighted by Gasteiger charge is -1.98. The van der Waals surface area contributed by atoms with E-state index in [0.29, 0.717) is 5.44 Å². The molecule has 0 aliphatic carbocycles. The van der Waals surface area contributed by atoms with E-state index >= 15 is 0 Å². The summed E-state index contributed by atoms with van der Waals surface area (Å²) in [4.78, 5) is 0. The van der Waals surface area contributed by atoms with Crippen LogP contribution >= 0.6 is 9.24 Å². The largest absolute Gasteiger partial charge is 0.600 e. The van der Waals surface area contributed by atoms with Crippen molar-refractivity contribution >= 4 is 9.24 Å². The highest BCUT2D eigenvalue weighted by molar-refractivity contribution is 7.22. The number of aromatic nitrogens is 6. The summed E-state index contributed by atoms with van der Waals surface area (Å²) in [6.07, 6.45) is 7.82. The molecule has 3 rings (SSSR count). The van der Waals surface area contributed by atoms with E-state index in [-0.39, 0.29) is 5.17 Å². The SMILES string of the molecule is [O-][NH+]1C=C(P)N=N1.c1c[nH]nn1.c1c[nH]nn1. The van der Waals surface area contributed by atoms with E-state index < -0.39 is 0 Å². The summed E-state index contributed by atoms with van der Waals surface area (Å²) in [7, 11) is 2.28. The van der Waals surface area contributed by atoms with Crippen molar-refractivity contribution in [3.63, 3.8) is 0 Å². The standard InChI is InChI=1S/C2H4N3OP.2C2H3N3/c6-5-1-2(7)3-4-5;2*1-2-4-5-3-1/h1,5H,7H2;2*1-2H,(H,3,4,5). The van der Waals surface area contributed by atoms with Gasteiger partial charge in [0.1, 0.15) is 5.44 Å². The Labute approximate surface area is 98.0 Å². The van der Waals surface area contributed by atoms with Crippen molar-refractivity contribution in [2.45, 2.75) is 0 Å². The summed E-state index contributed by atoms with van der Waals surface area (Å²) in [5.74, 6) is 0. The van der Waals surface area contributed by atoms with Crippen molar-refractivity contribution in [1.29, 1.82) is 0 Å². The molecule has 0 fully saturated rings. The minimum Gasteiger partial charge on any atom is -0.600 e. The van der Waals surface area contributed by atoms with Crippen LogP contribution < -0.4 is 5.17 Å². The van der Waals surface area contributed by atoms with Crippen molar-refractivity contribution in [1.82, 2.24) is 30.8 Å². The van der Waals surface area contributed by atoms with Gasteiger partial charge in [0.25, 0.3) is 0 Å². The third-order valence-corrected chi connectivity index (χ3v) is 1.48. The molecule has 0 saturated heterocycles. The molecule has 3 N–H and O–H groups in total. The number of quaternary nitrogens is 1. The monoisotopic (exact) mass is 255 g/mol. The van der Waals surface area contributed by atoms with Gasteiger partial charge in [0.15, 0.2) is 6.20 Å². The molecule has 2 unspecified atom stereocenters. The minimum absolute atomic E-state index is 0.273. The fraction of sp³-hybridized carbons (Fsp3) is 0. The molecule has 90 valence electrons. The van der Waals surface area contributed by atoms with Crippen LogP contribution in [0.15, 0.2) is 46.8 Å². The number of nitrogens with one attached hydrogen (secondary N) is 3. The second kappa shape index (κ2) is 8.16. The molecule has 11 heteroatoms. The molecule has 0 bridgehead atoms. The highest BCUT2D eigenvalue weighted by Gasteiger charge is 1.98. The summed E-state index contributed by atoms with van der Waals surface area (Å²) in [5, 5.41) is 35.0. The van der Waals surface area contributed by atoms with Gasteiger partial charge in [0.05, 0.1) is 12.4 Å². The summed E-state index contributed by atoms with van der Waals surface area (Å²) in [5.41, 5.74) is 0.602. The molecule has 0 amide bonds. The first kappa shape index (κ1) is 13.0. The summed E-state index contributed by atoms with van der Waals surface area (Å²) in [6.45, 7) is 0. The van der Waals surface area contributed by atoms with Crippen molar-refractivity contribution < 1.29 is 5.17 Å². The zero-order valence-electron chi connectivity index (χ0n) is 8.56. The highest BCUT2D eigenvalue weighted by Crippen LogP contribution is 2.05. The van der Waals surface area contributed by atoms with Crippen LogP contribution in [0.2, 0.25) is 0 Å². The van der Waals surface area contributed by atoms with E-state index in [1.165, 1.54) is 6.20 Å². The van der Waals surface area contributed by atoms with Crippen molar-refractivity contribution in [3.05, 3.63) is 41.6 Å².